The maximum Gasteiger partial charge on any atom is 0.335 e. The highest BCUT2D eigenvalue weighted by Crippen LogP contribution is 2.21. The van der Waals surface area contributed by atoms with E-state index in [0.717, 1.165) is 12.0 Å². The number of rotatable bonds is 6. The lowest BCUT2D eigenvalue weighted by Crippen LogP contribution is -2.34. The average Bonchev–Trinajstić information content (AvgIpc) is 3.11. The van der Waals surface area contributed by atoms with E-state index in [2.05, 4.69) is 5.32 Å². The summed E-state index contributed by atoms with van der Waals surface area (Å²) in [6.45, 7) is 1.50. The first-order valence-corrected chi connectivity index (χ1v) is 9.51. The Hall–Kier alpha value is -2.22. The molecule has 1 heterocycles. The molecule has 0 bridgehead atoms. The number of aromatic carboxylic acids is 1. The van der Waals surface area contributed by atoms with E-state index in [1.165, 1.54) is 4.31 Å². The normalized spacial score (nSPS) is 18.3. The number of nitrogens with zero attached hydrogens (tertiary/aromatic N) is 1. The molecule has 1 fully saturated rings. The van der Waals surface area contributed by atoms with Crippen molar-refractivity contribution in [3.63, 3.8) is 0 Å². The molecule has 25 heavy (non-hydrogen) atoms. The number of sulfonamides is 1. The van der Waals surface area contributed by atoms with Gasteiger partial charge in [0.25, 0.3) is 0 Å². The molecule has 6 nitrogen and oxygen atoms in total. The first-order chi connectivity index (χ1) is 12.0. The zero-order valence-corrected chi connectivity index (χ0v) is 14.4. The van der Waals surface area contributed by atoms with Gasteiger partial charge in [-0.3, -0.25) is 0 Å². The van der Waals surface area contributed by atoms with Crippen LogP contribution in [0.4, 0.5) is 0 Å². The van der Waals surface area contributed by atoms with Gasteiger partial charge in [0.15, 0.2) is 0 Å². The van der Waals surface area contributed by atoms with Gasteiger partial charge in [-0.1, -0.05) is 30.3 Å². The van der Waals surface area contributed by atoms with Gasteiger partial charge >= 0.3 is 5.97 Å². The lowest BCUT2D eigenvalue weighted by Gasteiger charge is -2.17. The van der Waals surface area contributed by atoms with Gasteiger partial charge in [-0.25, -0.2) is 13.2 Å². The smallest absolute Gasteiger partial charge is 0.335 e. The number of benzene rings is 2. The monoisotopic (exact) mass is 360 g/mol. The Labute approximate surface area is 147 Å². The van der Waals surface area contributed by atoms with Crippen molar-refractivity contribution in [3.8, 4) is 0 Å². The number of hydrogen-bond donors (Lipinski definition) is 2. The maximum absolute atomic E-state index is 12.6. The lowest BCUT2D eigenvalue weighted by molar-refractivity contribution is 0.0697. The van der Waals surface area contributed by atoms with Gasteiger partial charge in [-0.15, -0.1) is 0 Å². The molecule has 0 saturated carbocycles. The number of carboxylic acids is 1. The Morgan fingerprint density at radius 2 is 1.80 bits per heavy atom. The van der Waals surface area contributed by atoms with Crippen LogP contribution in [-0.4, -0.2) is 42.9 Å². The molecule has 2 aromatic rings. The van der Waals surface area contributed by atoms with Crippen LogP contribution in [0.15, 0.2) is 59.5 Å². The molecule has 0 aliphatic carbocycles. The van der Waals surface area contributed by atoms with Gasteiger partial charge in [0.2, 0.25) is 10.0 Å². The summed E-state index contributed by atoms with van der Waals surface area (Å²) in [5.74, 6) is -0.947. The van der Waals surface area contributed by atoms with Crippen molar-refractivity contribution in [2.24, 2.45) is 0 Å². The maximum atomic E-state index is 12.6. The quantitative estimate of drug-likeness (QED) is 0.822. The summed E-state index contributed by atoms with van der Waals surface area (Å²) in [5, 5.41) is 12.2. The van der Waals surface area contributed by atoms with E-state index in [-0.39, 0.29) is 11.6 Å². The highest BCUT2D eigenvalue weighted by atomic mass is 32.2. The van der Waals surface area contributed by atoms with Crippen LogP contribution in [0.1, 0.15) is 22.3 Å². The minimum absolute atomic E-state index is 0.0811. The van der Waals surface area contributed by atoms with E-state index in [4.69, 9.17) is 5.11 Å². The molecule has 3 rings (SSSR count). The van der Waals surface area contributed by atoms with Crippen LogP contribution >= 0.6 is 0 Å². The second kappa shape index (κ2) is 7.35. The van der Waals surface area contributed by atoms with E-state index in [1.807, 2.05) is 0 Å². The Balaban J connectivity index is 1.57. The third-order valence-electron chi connectivity index (χ3n) is 4.33. The number of carboxylic acid groups (broad SMARTS) is 1. The number of hydrogen-bond acceptors (Lipinski definition) is 4. The van der Waals surface area contributed by atoms with E-state index in [0.29, 0.717) is 24.5 Å². The fraction of sp³-hybridized carbons (Fsp3) is 0.278. The molecule has 0 aromatic heterocycles. The summed E-state index contributed by atoms with van der Waals surface area (Å²) in [7, 11) is -3.44. The minimum Gasteiger partial charge on any atom is -0.478 e. The molecule has 1 saturated heterocycles. The molecule has 0 radical (unpaired) electrons. The van der Waals surface area contributed by atoms with Crippen LogP contribution in [0, 0.1) is 0 Å². The van der Waals surface area contributed by atoms with E-state index >= 15 is 0 Å². The molecule has 1 aliphatic heterocycles. The minimum atomic E-state index is -3.44. The Bertz CT molecular complexity index is 835. The van der Waals surface area contributed by atoms with Crippen molar-refractivity contribution in [3.05, 3.63) is 65.7 Å². The first kappa shape index (κ1) is 17.6. The largest absolute Gasteiger partial charge is 0.478 e. The van der Waals surface area contributed by atoms with Crippen LogP contribution in [0.25, 0.3) is 0 Å². The van der Waals surface area contributed by atoms with Gasteiger partial charge in [0.05, 0.1) is 10.5 Å². The molecule has 0 amide bonds. The van der Waals surface area contributed by atoms with Crippen molar-refractivity contribution in [1.29, 1.82) is 0 Å². The molecule has 2 aromatic carbocycles. The fourth-order valence-electron chi connectivity index (χ4n) is 2.88. The van der Waals surface area contributed by atoms with Gasteiger partial charge in [-0.2, -0.15) is 4.31 Å². The SMILES string of the molecule is O=C(O)c1ccc(CN[C@H]2CCN(S(=O)(=O)c3ccccc3)C2)cc1. The van der Waals surface area contributed by atoms with E-state index in [9.17, 15) is 13.2 Å². The zero-order valence-electron chi connectivity index (χ0n) is 13.6. The van der Waals surface area contributed by atoms with Crippen LogP contribution in [-0.2, 0) is 16.6 Å². The molecule has 7 heteroatoms. The van der Waals surface area contributed by atoms with Crippen molar-refractivity contribution in [2.45, 2.75) is 23.9 Å². The summed E-state index contributed by atoms with van der Waals surface area (Å²) in [4.78, 5) is 11.2. The van der Waals surface area contributed by atoms with Crippen molar-refractivity contribution < 1.29 is 18.3 Å². The van der Waals surface area contributed by atoms with Crippen molar-refractivity contribution in [2.75, 3.05) is 13.1 Å². The van der Waals surface area contributed by atoms with Gasteiger partial charge in [-0.05, 0) is 36.2 Å². The molecule has 1 atom stereocenters. The van der Waals surface area contributed by atoms with Crippen LogP contribution in [0.2, 0.25) is 0 Å². The molecular weight excluding hydrogens is 340 g/mol. The predicted molar refractivity (Wildman–Crippen MR) is 93.8 cm³/mol. The number of nitrogens with one attached hydrogen (secondary N) is 1. The Morgan fingerprint density at radius 1 is 1.12 bits per heavy atom. The predicted octanol–water partition coefficient (Wildman–Crippen LogP) is 1.94. The Kier molecular flexibility index (Phi) is 5.17. The second-order valence-corrected chi connectivity index (χ2v) is 7.98. The third kappa shape index (κ3) is 4.07. The summed E-state index contributed by atoms with van der Waals surface area (Å²) in [6, 6.07) is 15.2. The van der Waals surface area contributed by atoms with Crippen molar-refractivity contribution >= 4 is 16.0 Å². The molecule has 0 spiro atoms. The Morgan fingerprint density at radius 3 is 2.44 bits per heavy atom. The summed E-state index contributed by atoms with van der Waals surface area (Å²) in [6.07, 6.45) is 0.749. The van der Waals surface area contributed by atoms with Gasteiger partial charge in [0.1, 0.15) is 0 Å². The van der Waals surface area contributed by atoms with Crippen LogP contribution < -0.4 is 5.32 Å². The highest BCUT2D eigenvalue weighted by Gasteiger charge is 2.32. The summed E-state index contributed by atoms with van der Waals surface area (Å²) in [5.41, 5.74) is 1.22. The fourth-order valence-corrected chi connectivity index (χ4v) is 4.40. The average molecular weight is 360 g/mol. The highest BCUT2D eigenvalue weighted by molar-refractivity contribution is 7.89. The molecule has 0 unspecified atom stereocenters. The second-order valence-electron chi connectivity index (χ2n) is 6.04. The molecular formula is C18H20N2O4S. The molecule has 132 valence electrons. The third-order valence-corrected chi connectivity index (χ3v) is 6.21. The standard InChI is InChI=1S/C18H20N2O4S/c21-18(22)15-8-6-14(7-9-15)12-19-16-10-11-20(13-16)25(23,24)17-4-2-1-3-5-17/h1-9,16,19H,10-13H2,(H,21,22)/t16-/m0/s1. The zero-order chi connectivity index (χ0) is 17.9. The van der Waals surface area contributed by atoms with Crippen molar-refractivity contribution in [1.82, 2.24) is 9.62 Å². The summed E-state index contributed by atoms with van der Waals surface area (Å²) >= 11 is 0. The number of carbonyl (C=O) groups is 1. The van der Waals surface area contributed by atoms with E-state index in [1.54, 1.807) is 54.6 Å². The molecule has 1 aliphatic rings. The van der Waals surface area contributed by atoms with Gasteiger partial charge in [0, 0.05) is 25.7 Å². The first-order valence-electron chi connectivity index (χ1n) is 8.07. The van der Waals surface area contributed by atoms with Gasteiger partial charge < -0.3 is 10.4 Å². The van der Waals surface area contributed by atoms with E-state index < -0.39 is 16.0 Å². The topological polar surface area (TPSA) is 86.7 Å². The van der Waals surface area contributed by atoms with Crippen LogP contribution in [0.5, 0.6) is 0 Å². The summed E-state index contributed by atoms with van der Waals surface area (Å²) < 4.78 is 26.7. The van der Waals surface area contributed by atoms with Crippen LogP contribution in [0.3, 0.4) is 0 Å². The lowest BCUT2D eigenvalue weighted by atomic mass is 10.1. The molecule has 2 N–H and O–H groups in total.